The number of benzene rings is 1. The van der Waals surface area contributed by atoms with E-state index in [1.54, 1.807) is 31.2 Å². The predicted molar refractivity (Wildman–Crippen MR) is 81.9 cm³/mol. The van der Waals surface area contributed by atoms with Crippen LogP contribution in [0, 0.1) is 0 Å². The first kappa shape index (κ1) is 13.1. The fourth-order valence-electron chi connectivity index (χ4n) is 2.38. The van der Waals surface area contributed by atoms with Crippen LogP contribution in [0.2, 0.25) is 0 Å². The van der Waals surface area contributed by atoms with Gasteiger partial charge < -0.3 is 0 Å². The number of allylic oxidation sites excluding steroid dienone is 5. The summed E-state index contributed by atoms with van der Waals surface area (Å²) in [5.41, 5.74) is 1.59. The molecule has 0 atom stereocenters. The van der Waals surface area contributed by atoms with E-state index < -0.39 is 0 Å². The lowest BCUT2D eigenvalue weighted by atomic mass is 9.90. The summed E-state index contributed by atoms with van der Waals surface area (Å²) in [7, 11) is 0. The Morgan fingerprint density at radius 2 is 1.70 bits per heavy atom. The Balaban J connectivity index is 2.01. The summed E-state index contributed by atoms with van der Waals surface area (Å²) in [6, 6.07) is 7.04. The first-order valence-corrected chi connectivity index (χ1v) is 7.44. The molecule has 3 rings (SSSR count). The maximum absolute atomic E-state index is 12.6. The third-order valence-corrected chi connectivity index (χ3v) is 4.72. The molecule has 0 amide bonds. The summed E-state index contributed by atoms with van der Waals surface area (Å²) >= 11 is 1.41. The number of rotatable bonds is 2. The van der Waals surface area contributed by atoms with Gasteiger partial charge in [0.15, 0.2) is 5.78 Å². The predicted octanol–water partition coefficient (Wildman–Crippen LogP) is 4.31. The van der Waals surface area contributed by atoms with Crippen LogP contribution in [0.15, 0.2) is 57.9 Å². The highest BCUT2D eigenvalue weighted by Crippen LogP contribution is 2.37. The number of ketones is 2. The normalized spacial score (nSPS) is 18.1. The first-order valence-electron chi connectivity index (χ1n) is 6.62. The lowest BCUT2D eigenvalue weighted by molar-refractivity contribution is 0.0981. The zero-order chi connectivity index (χ0) is 14.1. The molecule has 0 heterocycles. The molecule has 0 aliphatic heterocycles. The van der Waals surface area contributed by atoms with Gasteiger partial charge in [-0.3, -0.25) is 9.59 Å². The van der Waals surface area contributed by atoms with Gasteiger partial charge in [-0.25, -0.2) is 0 Å². The lowest BCUT2D eigenvalue weighted by Gasteiger charge is -2.19. The third kappa shape index (κ3) is 2.18. The average molecular weight is 282 g/mol. The summed E-state index contributed by atoms with van der Waals surface area (Å²) in [5, 5.41) is 0. The second-order valence-corrected chi connectivity index (χ2v) is 5.93. The third-order valence-electron chi connectivity index (χ3n) is 3.48. The molecule has 0 fully saturated rings. The second kappa shape index (κ2) is 5.25. The molecular weight excluding hydrogens is 268 g/mol. The van der Waals surface area contributed by atoms with Crippen molar-refractivity contribution >= 4 is 23.3 Å². The molecule has 0 N–H and O–H groups in total. The Bertz CT molecular complexity index is 693. The number of thioether (sulfide) groups is 1. The van der Waals surface area contributed by atoms with E-state index in [1.807, 2.05) is 6.08 Å². The summed E-state index contributed by atoms with van der Waals surface area (Å²) in [4.78, 5) is 26.5. The number of carbonyl (C=O) groups is 2. The standard InChI is InChI=1S/C17H14O2S/c1-11-15(18)13-9-5-6-10-14(13)16(19)17(11)20-12-7-3-2-4-8-12/h3,5-10H,2,4H2,1H3. The number of hydrogen-bond donors (Lipinski definition) is 0. The van der Waals surface area contributed by atoms with E-state index in [1.165, 1.54) is 11.8 Å². The van der Waals surface area contributed by atoms with Crippen molar-refractivity contribution in [1.82, 2.24) is 0 Å². The van der Waals surface area contributed by atoms with Crippen molar-refractivity contribution in [2.75, 3.05) is 0 Å². The van der Waals surface area contributed by atoms with Gasteiger partial charge in [-0.1, -0.05) is 54.3 Å². The quantitative estimate of drug-likeness (QED) is 0.810. The van der Waals surface area contributed by atoms with Crippen molar-refractivity contribution in [3.8, 4) is 0 Å². The van der Waals surface area contributed by atoms with Crippen molar-refractivity contribution in [3.63, 3.8) is 0 Å². The molecule has 0 saturated heterocycles. The van der Waals surface area contributed by atoms with E-state index in [0.29, 0.717) is 21.6 Å². The van der Waals surface area contributed by atoms with Crippen LogP contribution in [0.5, 0.6) is 0 Å². The molecule has 1 aromatic rings. The summed E-state index contributed by atoms with van der Waals surface area (Å²) < 4.78 is 0. The van der Waals surface area contributed by atoms with Gasteiger partial charge in [0.05, 0.1) is 4.91 Å². The molecule has 0 bridgehead atoms. The molecule has 0 aromatic heterocycles. The topological polar surface area (TPSA) is 34.1 Å². The molecule has 0 spiro atoms. The van der Waals surface area contributed by atoms with Crippen LogP contribution in [-0.2, 0) is 0 Å². The maximum Gasteiger partial charge on any atom is 0.200 e. The summed E-state index contributed by atoms with van der Waals surface area (Å²) in [6.45, 7) is 1.74. The van der Waals surface area contributed by atoms with Gasteiger partial charge >= 0.3 is 0 Å². The van der Waals surface area contributed by atoms with Crippen molar-refractivity contribution in [1.29, 1.82) is 0 Å². The van der Waals surface area contributed by atoms with Crippen LogP contribution < -0.4 is 0 Å². The van der Waals surface area contributed by atoms with Crippen LogP contribution in [0.3, 0.4) is 0 Å². The zero-order valence-corrected chi connectivity index (χ0v) is 12.0. The van der Waals surface area contributed by atoms with Crippen LogP contribution in [0.25, 0.3) is 0 Å². The monoisotopic (exact) mass is 282 g/mol. The molecule has 0 radical (unpaired) electrons. The maximum atomic E-state index is 12.6. The van der Waals surface area contributed by atoms with E-state index in [4.69, 9.17) is 0 Å². The van der Waals surface area contributed by atoms with E-state index >= 15 is 0 Å². The molecule has 3 heteroatoms. The molecule has 100 valence electrons. The zero-order valence-electron chi connectivity index (χ0n) is 11.2. The van der Waals surface area contributed by atoms with Gasteiger partial charge in [0.25, 0.3) is 0 Å². The molecule has 2 nitrogen and oxygen atoms in total. The highest BCUT2D eigenvalue weighted by atomic mass is 32.2. The molecule has 0 unspecified atom stereocenters. The molecule has 1 aromatic carbocycles. The van der Waals surface area contributed by atoms with Gasteiger partial charge in [0, 0.05) is 21.6 Å². The Morgan fingerprint density at radius 1 is 1.00 bits per heavy atom. The highest BCUT2D eigenvalue weighted by molar-refractivity contribution is 8.07. The number of hydrogen-bond acceptors (Lipinski definition) is 3. The first-order chi connectivity index (χ1) is 9.68. The minimum Gasteiger partial charge on any atom is -0.289 e. The summed E-state index contributed by atoms with van der Waals surface area (Å²) in [6.07, 6.45) is 8.26. The fraction of sp³-hybridized carbons (Fsp3) is 0.176. The Labute approximate surface area is 122 Å². The van der Waals surface area contributed by atoms with E-state index in [9.17, 15) is 9.59 Å². The molecular formula is C17H14O2S. The van der Waals surface area contributed by atoms with Gasteiger partial charge in [-0.15, -0.1) is 0 Å². The minimum atomic E-state index is -0.0393. The number of fused-ring (bicyclic) bond motifs is 1. The van der Waals surface area contributed by atoms with Gasteiger partial charge in [-0.05, 0) is 19.8 Å². The van der Waals surface area contributed by atoms with Crippen molar-refractivity contribution in [2.24, 2.45) is 0 Å². The molecule has 0 saturated carbocycles. The molecule has 2 aliphatic rings. The van der Waals surface area contributed by atoms with Crippen molar-refractivity contribution in [2.45, 2.75) is 19.8 Å². The lowest BCUT2D eigenvalue weighted by Crippen LogP contribution is -2.19. The SMILES string of the molecule is CC1=C(SC2=CCCC=C2)C(=O)c2ccccc2C1=O. The van der Waals surface area contributed by atoms with Crippen molar-refractivity contribution < 1.29 is 9.59 Å². The number of Topliss-reactive ketones (excluding diaryl/α,β-unsaturated/α-hetero) is 2. The smallest absolute Gasteiger partial charge is 0.200 e. The average Bonchev–Trinajstić information content (AvgIpc) is 2.50. The second-order valence-electron chi connectivity index (χ2n) is 4.85. The molecule has 2 aliphatic carbocycles. The highest BCUT2D eigenvalue weighted by Gasteiger charge is 2.30. The van der Waals surface area contributed by atoms with E-state index in [2.05, 4.69) is 12.2 Å². The minimum absolute atomic E-state index is 0.0388. The van der Waals surface area contributed by atoms with Crippen molar-refractivity contribution in [3.05, 3.63) is 69.0 Å². The largest absolute Gasteiger partial charge is 0.289 e. The Kier molecular flexibility index (Phi) is 3.45. The Morgan fingerprint density at radius 3 is 2.35 bits per heavy atom. The number of carbonyl (C=O) groups excluding carboxylic acids is 2. The van der Waals surface area contributed by atoms with Gasteiger partial charge in [-0.2, -0.15) is 0 Å². The molecule has 20 heavy (non-hydrogen) atoms. The van der Waals surface area contributed by atoms with Crippen LogP contribution in [-0.4, -0.2) is 11.6 Å². The van der Waals surface area contributed by atoms with Crippen LogP contribution in [0.4, 0.5) is 0 Å². The summed E-state index contributed by atoms with van der Waals surface area (Å²) in [5.74, 6) is -0.0781. The Hall–Kier alpha value is -1.87. The van der Waals surface area contributed by atoms with Gasteiger partial charge in [0.2, 0.25) is 5.78 Å². The van der Waals surface area contributed by atoms with E-state index in [0.717, 1.165) is 17.7 Å². The van der Waals surface area contributed by atoms with E-state index in [-0.39, 0.29) is 11.6 Å². The van der Waals surface area contributed by atoms with Crippen LogP contribution in [0.1, 0.15) is 40.5 Å². The fourth-order valence-corrected chi connectivity index (χ4v) is 3.43. The van der Waals surface area contributed by atoms with Gasteiger partial charge in [0.1, 0.15) is 0 Å². The van der Waals surface area contributed by atoms with Crippen LogP contribution >= 0.6 is 11.8 Å².